The van der Waals surface area contributed by atoms with Gasteiger partial charge >= 0.3 is 12.1 Å². The van der Waals surface area contributed by atoms with Crippen molar-refractivity contribution in [1.82, 2.24) is 4.98 Å². The standard InChI is InChI=1S/C19H15F3N2O5/c1-2-27-18(26)15-13-8-12(5-6-14(13)29-17(15)24-10-25)28-9-11-4-3-7-23-16(11)19(20,21)22/h3-8,10H,2,9H2,1H3,(H,24,25). The van der Waals surface area contributed by atoms with E-state index in [-0.39, 0.29) is 46.9 Å². The number of fused-ring (bicyclic) bond motifs is 1. The predicted octanol–water partition coefficient (Wildman–Crippen LogP) is 4.17. The number of ether oxygens (including phenoxy) is 2. The number of carbonyl (C=O) groups is 2. The maximum atomic E-state index is 13.1. The highest BCUT2D eigenvalue weighted by atomic mass is 19.4. The first kappa shape index (κ1) is 20.2. The third-order valence-electron chi connectivity index (χ3n) is 3.88. The molecule has 1 amide bonds. The Balaban J connectivity index is 1.93. The van der Waals surface area contributed by atoms with Crippen molar-refractivity contribution in [2.45, 2.75) is 19.7 Å². The summed E-state index contributed by atoms with van der Waals surface area (Å²) in [6, 6.07) is 7.00. The van der Waals surface area contributed by atoms with E-state index in [4.69, 9.17) is 13.9 Å². The molecule has 0 atom stereocenters. The number of amides is 1. The van der Waals surface area contributed by atoms with Crippen molar-refractivity contribution >= 4 is 29.2 Å². The first-order chi connectivity index (χ1) is 13.8. The Morgan fingerprint density at radius 2 is 2.10 bits per heavy atom. The summed E-state index contributed by atoms with van der Waals surface area (Å²) in [4.78, 5) is 26.4. The fourth-order valence-electron chi connectivity index (χ4n) is 2.70. The minimum atomic E-state index is -4.61. The summed E-state index contributed by atoms with van der Waals surface area (Å²) in [6.45, 7) is 1.33. The highest BCUT2D eigenvalue weighted by Crippen LogP contribution is 2.34. The Morgan fingerprint density at radius 3 is 2.79 bits per heavy atom. The number of rotatable bonds is 7. The molecule has 0 spiro atoms. The first-order valence-electron chi connectivity index (χ1n) is 8.43. The molecule has 1 aromatic carbocycles. The van der Waals surface area contributed by atoms with E-state index in [1.807, 2.05) is 0 Å². The second kappa shape index (κ2) is 8.21. The van der Waals surface area contributed by atoms with Gasteiger partial charge in [0, 0.05) is 17.1 Å². The molecular weight excluding hydrogens is 393 g/mol. The van der Waals surface area contributed by atoms with E-state index in [2.05, 4.69) is 10.3 Å². The van der Waals surface area contributed by atoms with Crippen molar-refractivity contribution in [3.63, 3.8) is 0 Å². The van der Waals surface area contributed by atoms with Gasteiger partial charge in [0.05, 0.1) is 6.61 Å². The number of hydrogen-bond donors (Lipinski definition) is 1. The number of alkyl halides is 3. The molecule has 10 heteroatoms. The van der Waals surface area contributed by atoms with E-state index in [0.29, 0.717) is 6.41 Å². The number of aromatic nitrogens is 1. The summed E-state index contributed by atoms with van der Waals surface area (Å²) in [6.07, 6.45) is -3.21. The summed E-state index contributed by atoms with van der Waals surface area (Å²) < 4.78 is 55.0. The van der Waals surface area contributed by atoms with E-state index in [1.165, 1.54) is 30.3 Å². The van der Waals surface area contributed by atoms with Crippen LogP contribution in [0, 0.1) is 0 Å². The quantitative estimate of drug-likeness (QED) is 0.466. The normalized spacial score (nSPS) is 11.3. The molecule has 3 rings (SSSR count). The Bertz CT molecular complexity index is 1050. The van der Waals surface area contributed by atoms with Gasteiger partial charge in [0.25, 0.3) is 0 Å². The number of carbonyl (C=O) groups excluding carboxylic acids is 2. The van der Waals surface area contributed by atoms with Crippen molar-refractivity contribution < 1.29 is 36.7 Å². The molecule has 7 nitrogen and oxygen atoms in total. The van der Waals surface area contributed by atoms with Crippen LogP contribution in [0.15, 0.2) is 40.9 Å². The molecule has 0 bridgehead atoms. The fraction of sp³-hybridized carbons (Fsp3) is 0.211. The SMILES string of the molecule is CCOC(=O)c1c(NC=O)oc2ccc(OCc3cccnc3C(F)(F)F)cc12. The van der Waals surface area contributed by atoms with Gasteiger partial charge in [0.15, 0.2) is 5.69 Å². The van der Waals surface area contributed by atoms with Crippen molar-refractivity contribution in [3.8, 4) is 5.75 Å². The zero-order valence-corrected chi connectivity index (χ0v) is 15.1. The molecule has 2 heterocycles. The van der Waals surface area contributed by atoms with Gasteiger partial charge in [-0.1, -0.05) is 6.07 Å². The van der Waals surface area contributed by atoms with Crippen LogP contribution in [0.3, 0.4) is 0 Å². The number of esters is 1. The Kier molecular flexibility index (Phi) is 5.71. The topological polar surface area (TPSA) is 90.7 Å². The Morgan fingerprint density at radius 1 is 1.31 bits per heavy atom. The average molecular weight is 408 g/mol. The van der Waals surface area contributed by atoms with Gasteiger partial charge in [0.2, 0.25) is 12.3 Å². The first-order valence-corrected chi connectivity index (χ1v) is 8.43. The Labute approximate surface area is 162 Å². The van der Waals surface area contributed by atoms with Crippen molar-refractivity contribution in [3.05, 3.63) is 53.3 Å². The van der Waals surface area contributed by atoms with Crippen LogP contribution >= 0.6 is 0 Å². The van der Waals surface area contributed by atoms with Crippen molar-refractivity contribution in [2.75, 3.05) is 11.9 Å². The third-order valence-corrected chi connectivity index (χ3v) is 3.88. The zero-order chi connectivity index (χ0) is 21.0. The minimum absolute atomic E-state index is 0.0169. The predicted molar refractivity (Wildman–Crippen MR) is 95.4 cm³/mol. The monoisotopic (exact) mass is 408 g/mol. The Hall–Kier alpha value is -3.56. The van der Waals surface area contributed by atoms with Crippen LogP contribution in [0.1, 0.15) is 28.5 Å². The number of halogens is 3. The van der Waals surface area contributed by atoms with Gasteiger partial charge in [0.1, 0.15) is 23.5 Å². The number of furan rings is 1. The summed E-state index contributed by atoms with van der Waals surface area (Å²) in [5.74, 6) is -0.630. The summed E-state index contributed by atoms with van der Waals surface area (Å²) in [7, 11) is 0. The number of nitrogens with one attached hydrogen (secondary N) is 1. The number of pyridine rings is 1. The number of benzene rings is 1. The van der Waals surface area contributed by atoms with Crippen LogP contribution in [-0.4, -0.2) is 24.0 Å². The lowest BCUT2D eigenvalue weighted by Gasteiger charge is -2.12. The van der Waals surface area contributed by atoms with Crippen molar-refractivity contribution in [1.29, 1.82) is 0 Å². The molecule has 1 N–H and O–H groups in total. The third kappa shape index (κ3) is 4.31. The molecule has 0 aliphatic rings. The molecule has 0 aliphatic heterocycles. The summed E-state index contributed by atoms with van der Waals surface area (Å²) in [5, 5.41) is 2.57. The lowest BCUT2D eigenvalue weighted by molar-refractivity contribution is -0.142. The lowest BCUT2D eigenvalue weighted by atomic mass is 10.1. The van der Waals surface area contributed by atoms with Crippen LogP contribution in [-0.2, 0) is 22.3 Å². The lowest BCUT2D eigenvalue weighted by Crippen LogP contribution is -2.13. The van der Waals surface area contributed by atoms with Gasteiger partial charge in [-0.05, 0) is 31.2 Å². The molecule has 0 saturated heterocycles. The van der Waals surface area contributed by atoms with E-state index in [9.17, 15) is 22.8 Å². The van der Waals surface area contributed by atoms with Crippen LogP contribution in [0.25, 0.3) is 11.0 Å². The van der Waals surface area contributed by atoms with E-state index >= 15 is 0 Å². The molecule has 152 valence electrons. The number of hydrogen-bond acceptors (Lipinski definition) is 6. The average Bonchev–Trinajstić information content (AvgIpc) is 3.03. The number of anilines is 1. The molecule has 2 aromatic heterocycles. The number of nitrogens with zero attached hydrogens (tertiary/aromatic N) is 1. The molecule has 0 saturated carbocycles. The molecule has 0 unspecified atom stereocenters. The fourth-order valence-corrected chi connectivity index (χ4v) is 2.70. The molecule has 3 aromatic rings. The second-order valence-corrected chi connectivity index (χ2v) is 5.74. The molecule has 0 aliphatic carbocycles. The van der Waals surface area contributed by atoms with Gasteiger partial charge in [-0.15, -0.1) is 0 Å². The van der Waals surface area contributed by atoms with E-state index in [1.54, 1.807) is 6.92 Å². The van der Waals surface area contributed by atoms with Gasteiger partial charge < -0.3 is 13.9 Å². The zero-order valence-electron chi connectivity index (χ0n) is 15.1. The highest BCUT2D eigenvalue weighted by molar-refractivity contribution is 6.09. The van der Waals surface area contributed by atoms with Crippen LogP contribution in [0.5, 0.6) is 5.75 Å². The van der Waals surface area contributed by atoms with Gasteiger partial charge in [-0.3, -0.25) is 15.1 Å². The maximum absolute atomic E-state index is 13.1. The minimum Gasteiger partial charge on any atom is -0.489 e. The van der Waals surface area contributed by atoms with Crippen LogP contribution < -0.4 is 10.1 Å². The smallest absolute Gasteiger partial charge is 0.433 e. The summed E-state index contributed by atoms with van der Waals surface area (Å²) >= 11 is 0. The molecule has 0 fully saturated rings. The maximum Gasteiger partial charge on any atom is 0.433 e. The van der Waals surface area contributed by atoms with E-state index in [0.717, 1.165) is 6.20 Å². The summed E-state index contributed by atoms with van der Waals surface area (Å²) in [5.41, 5.74) is -0.922. The van der Waals surface area contributed by atoms with Crippen molar-refractivity contribution in [2.24, 2.45) is 0 Å². The largest absolute Gasteiger partial charge is 0.489 e. The van der Waals surface area contributed by atoms with Gasteiger partial charge in [-0.2, -0.15) is 13.2 Å². The van der Waals surface area contributed by atoms with Gasteiger partial charge in [-0.25, -0.2) is 4.79 Å². The second-order valence-electron chi connectivity index (χ2n) is 5.74. The molecule has 29 heavy (non-hydrogen) atoms. The van der Waals surface area contributed by atoms with Crippen LogP contribution in [0.4, 0.5) is 19.1 Å². The van der Waals surface area contributed by atoms with Crippen LogP contribution in [0.2, 0.25) is 0 Å². The van der Waals surface area contributed by atoms with E-state index < -0.39 is 17.8 Å². The molecule has 0 radical (unpaired) electrons. The highest BCUT2D eigenvalue weighted by Gasteiger charge is 2.35. The molecular formula is C19H15F3N2O5.